The highest BCUT2D eigenvalue weighted by molar-refractivity contribution is 9.11. The topological polar surface area (TPSA) is 20.2 Å². The Bertz CT molecular complexity index is 441. The van der Waals surface area contributed by atoms with Crippen molar-refractivity contribution in [1.82, 2.24) is 0 Å². The van der Waals surface area contributed by atoms with E-state index < -0.39 is 0 Å². The average Bonchev–Trinajstić information content (AvgIpc) is 2.55. The van der Waals surface area contributed by atoms with Crippen molar-refractivity contribution in [2.75, 3.05) is 0 Å². The number of aliphatic hydroxyl groups excluding tert-OH is 1. The first kappa shape index (κ1) is 19.2. The minimum absolute atomic E-state index is 0.113. The van der Waals surface area contributed by atoms with Crippen molar-refractivity contribution in [2.24, 2.45) is 10.8 Å². The minimum atomic E-state index is -0.113. The molecule has 1 unspecified atom stereocenters. The molecule has 0 aromatic rings. The Morgan fingerprint density at radius 1 is 1.04 bits per heavy atom. The van der Waals surface area contributed by atoms with E-state index in [1.54, 1.807) is 5.57 Å². The minimum Gasteiger partial charge on any atom is -0.393 e. The van der Waals surface area contributed by atoms with Gasteiger partial charge in [0, 0.05) is 0 Å². The number of allylic oxidation sites excluding steroid dienone is 4. The van der Waals surface area contributed by atoms with Crippen molar-refractivity contribution in [3.63, 3.8) is 0 Å². The van der Waals surface area contributed by atoms with Crippen molar-refractivity contribution in [3.8, 4) is 0 Å². The largest absolute Gasteiger partial charge is 0.393 e. The Morgan fingerprint density at radius 2 is 1.74 bits per heavy atom. The summed E-state index contributed by atoms with van der Waals surface area (Å²) >= 11 is 3.61. The molecule has 0 aromatic carbocycles. The molecule has 1 atom stereocenters. The van der Waals surface area contributed by atoms with E-state index in [4.69, 9.17) is 0 Å². The summed E-state index contributed by atoms with van der Waals surface area (Å²) in [6.07, 6.45) is 17.6. The molecule has 1 fully saturated rings. The quantitative estimate of drug-likeness (QED) is 0.474. The Balaban J connectivity index is 1.89. The monoisotopic (exact) mass is 382 g/mol. The van der Waals surface area contributed by atoms with Crippen LogP contribution >= 0.6 is 15.9 Å². The molecule has 0 aliphatic heterocycles. The van der Waals surface area contributed by atoms with Crippen LogP contribution in [0, 0.1) is 10.8 Å². The van der Waals surface area contributed by atoms with E-state index in [0.717, 1.165) is 12.8 Å². The predicted molar refractivity (Wildman–Crippen MR) is 104 cm³/mol. The molecule has 1 saturated carbocycles. The van der Waals surface area contributed by atoms with Gasteiger partial charge in [-0.15, -0.1) is 0 Å². The lowest BCUT2D eigenvalue weighted by molar-refractivity contribution is -0.0179. The van der Waals surface area contributed by atoms with E-state index in [0.29, 0.717) is 5.41 Å². The van der Waals surface area contributed by atoms with Crippen LogP contribution in [0.3, 0.4) is 0 Å². The van der Waals surface area contributed by atoms with Crippen LogP contribution in [0.1, 0.15) is 91.4 Å². The second-order valence-corrected chi connectivity index (χ2v) is 9.40. The van der Waals surface area contributed by atoms with Gasteiger partial charge in [-0.05, 0) is 60.3 Å². The zero-order valence-electron chi connectivity index (χ0n) is 15.3. The first-order valence-electron chi connectivity index (χ1n) is 9.63. The molecule has 2 rings (SSSR count). The highest BCUT2D eigenvalue weighted by Crippen LogP contribution is 2.52. The Morgan fingerprint density at radius 3 is 2.30 bits per heavy atom. The van der Waals surface area contributed by atoms with Crippen LogP contribution in [0.2, 0.25) is 0 Å². The number of rotatable bonds is 7. The molecule has 132 valence electrons. The predicted octanol–water partition coefficient (Wildman–Crippen LogP) is 6.90. The van der Waals surface area contributed by atoms with Crippen LogP contribution in [0.25, 0.3) is 0 Å². The summed E-state index contributed by atoms with van der Waals surface area (Å²) in [5.74, 6) is 0. The van der Waals surface area contributed by atoms with Gasteiger partial charge in [0.15, 0.2) is 0 Å². The van der Waals surface area contributed by atoms with Crippen LogP contribution in [0.15, 0.2) is 22.2 Å². The normalized spacial score (nSPS) is 33.1. The summed E-state index contributed by atoms with van der Waals surface area (Å²) in [6.45, 7) is 7.01. The van der Waals surface area contributed by atoms with Gasteiger partial charge in [0.25, 0.3) is 0 Å². The number of hydrogen-bond acceptors (Lipinski definition) is 1. The van der Waals surface area contributed by atoms with Crippen LogP contribution in [-0.4, -0.2) is 11.2 Å². The molecular weight excluding hydrogens is 348 g/mol. The van der Waals surface area contributed by atoms with Gasteiger partial charge in [0.1, 0.15) is 0 Å². The smallest absolute Gasteiger partial charge is 0.0593 e. The van der Waals surface area contributed by atoms with Crippen molar-refractivity contribution in [2.45, 2.75) is 97.5 Å². The van der Waals surface area contributed by atoms with E-state index in [1.807, 2.05) is 0 Å². The Hall–Kier alpha value is -0.0800. The van der Waals surface area contributed by atoms with Crippen LogP contribution < -0.4 is 0 Å². The van der Waals surface area contributed by atoms with E-state index in [-0.39, 0.29) is 11.5 Å². The van der Waals surface area contributed by atoms with Crippen LogP contribution in [-0.2, 0) is 0 Å². The molecular formula is C21H35BrO. The van der Waals surface area contributed by atoms with E-state index in [2.05, 4.69) is 48.9 Å². The van der Waals surface area contributed by atoms with E-state index >= 15 is 0 Å². The van der Waals surface area contributed by atoms with Crippen molar-refractivity contribution < 1.29 is 5.11 Å². The fourth-order valence-corrected chi connectivity index (χ4v) is 4.59. The lowest BCUT2D eigenvalue weighted by Crippen LogP contribution is -2.40. The third-order valence-corrected chi connectivity index (χ3v) is 7.17. The molecule has 0 saturated heterocycles. The van der Waals surface area contributed by atoms with Gasteiger partial charge in [0.2, 0.25) is 0 Å². The van der Waals surface area contributed by atoms with Gasteiger partial charge in [-0.2, -0.15) is 0 Å². The van der Waals surface area contributed by atoms with Gasteiger partial charge in [-0.25, -0.2) is 0 Å². The SMILES string of the molecule is CCCCCCC(O)C1(C)CCC(C)(C2=CC=C(Br)CC2)CC1. The standard InChI is InChI=1S/C21H35BrO/c1-4-5-6-7-8-19(23)21(3)15-13-20(2,14-16-21)17-9-11-18(22)12-10-17/h9,11,19,23H,4-8,10,12-16H2,1-3H3. The van der Waals surface area contributed by atoms with Gasteiger partial charge in [0.05, 0.1) is 6.10 Å². The van der Waals surface area contributed by atoms with Crippen LogP contribution in [0.5, 0.6) is 0 Å². The molecule has 1 nitrogen and oxygen atoms in total. The maximum absolute atomic E-state index is 10.7. The summed E-state index contributed by atoms with van der Waals surface area (Å²) in [7, 11) is 0. The maximum Gasteiger partial charge on any atom is 0.0593 e. The summed E-state index contributed by atoms with van der Waals surface area (Å²) in [6, 6.07) is 0. The van der Waals surface area contributed by atoms with Gasteiger partial charge in [-0.3, -0.25) is 0 Å². The number of hydrogen-bond donors (Lipinski definition) is 1. The Kier molecular flexibility index (Phi) is 6.98. The fraction of sp³-hybridized carbons (Fsp3) is 0.810. The molecule has 0 spiro atoms. The van der Waals surface area contributed by atoms with Gasteiger partial charge >= 0.3 is 0 Å². The third-order valence-electron chi connectivity index (χ3n) is 6.51. The molecule has 1 N–H and O–H groups in total. The molecule has 0 aromatic heterocycles. The van der Waals surface area contributed by atoms with E-state index in [9.17, 15) is 5.11 Å². The number of halogens is 1. The highest BCUT2D eigenvalue weighted by atomic mass is 79.9. The first-order chi connectivity index (χ1) is 10.9. The zero-order valence-corrected chi connectivity index (χ0v) is 16.9. The fourth-order valence-electron chi connectivity index (χ4n) is 4.25. The average molecular weight is 383 g/mol. The Labute approximate surface area is 151 Å². The zero-order chi connectivity index (χ0) is 16.9. The first-order valence-corrected chi connectivity index (χ1v) is 10.4. The molecule has 0 heterocycles. The molecule has 0 radical (unpaired) electrons. The van der Waals surface area contributed by atoms with Crippen molar-refractivity contribution in [3.05, 3.63) is 22.2 Å². The lowest BCUT2D eigenvalue weighted by Gasteiger charge is -2.47. The molecule has 0 bridgehead atoms. The van der Waals surface area contributed by atoms with Crippen LogP contribution in [0.4, 0.5) is 0 Å². The molecule has 23 heavy (non-hydrogen) atoms. The molecule has 2 heteroatoms. The molecule has 2 aliphatic rings. The summed E-state index contributed by atoms with van der Waals surface area (Å²) in [5.41, 5.74) is 2.11. The van der Waals surface area contributed by atoms with E-state index in [1.165, 1.54) is 62.3 Å². The summed E-state index contributed by atoms with van der Waals surface area (Å²) in [4.78, 5) is 0. The molecule has 2 aliphatic carbocycles. The maximum atomic E-state index is 10.7. The third kappa shape index (κ3) is 4.95. The van der Waals surface area contributed by atoms with Gasteiger partial charge < -0.3 is 5.11 Å². The van der Waals surface area contributed by atoms with Gasteiger partial charge in [-0.1, -0.05) is 80.1 Å². The van der Waals surface area contributed by atoms with Crippen molar-refractivity contribution in [1.29, 1.82) is 0 Å². The lowest BCUT2D eigenvalue weighted by atomic mass is 9.59. The second kappa shape index (κ2) is 8.34. The number of unbranched alkanes of at least 4 members (excludes halogenated alkanes) is 3. The number of aliphatic hydroxyl groups is 1. The molecule has 0 amide bonds. The summed E-state index contributed by atoms with van der Waals surface area (Å²) in [5, 5.41) is 10.7. The summed E-state index contributed by atoms with van der Waals surface area (Å²) < 4.78 is 1.33. The van der Waals surface area contributed by atoms with Crippen molar-refractivity contribution >= 4 is 15.9 Å². The highest BCUT2D eigenvalue weighted by Gasteiger charge is 2.42. The second-order valence-electron chi connectivity index (χ2n) is 8.39.